The number of nitrogens with one attached hydrogen (secondary N) is 2. The van der Waals surface area contributed by atoms with Crippen LogP contribution in [0.4, 0.5) is 0 Å². The van der Waals surface area contributed by atoms with Gasteiger partial charge in [0.2, 0.25) is 5.91 Å². The lowest BCUT2D eigenvalue weighted by Gasteiger charge is -2.12. The minimum atomic E-state index is -0.342. The van der Waals surface area contributed by atoms with Crippen LogP contribution in [-0.4, -0.2) is 27.5 Å². The lowest BCUT2D eigenvalue weighted by molar-refractivity contribution is -0.119. The number of nitrogens with zero attached hydrogens (tertiary/aromatic N) is 2. The predicted molar refractivity (Wildman–Crippen MR) is 112 cm³/mol. The highest BCUT2D eigenvalue weighted by atomic mass is 32.2. The summed E-state index contributed by atoms with van der Waals surface area (Å²) in [5.74, 6) is 0.269. The Morgan fingerprint density at radius 3 is 2.71 bits per heavy atom. The Bertz CT molecular complexity index is 1030. The number of hydrazine groups is 1. The van der Waals surface area contributed by atoms with E-state index in [0.29, 0.717) is 11.4 Å². The van der Waals surface area contributed by atoms with E-state index in [2.05, 4.69) is 20.8 Å². The van der Waals surface area contributed by atoms with Crippen LogP contribution < -0.4 is 10.9 Å². The van der Waals surface area contributed by atoms with Crippen molar-refractivity contribution >= 4 is 45.1 Å². The molecule has 1 aromatic carbocycles. The van der Waals surface area contributed by atoms with E-state index in [1.54, 1.807) is 35.6 Å². The average molecular weight is 413 g/mol. The molecule has 0 bridgehead atoms. The van der Waals surface area contributed by atoms with Crippen molar-refractivity contribution in [1.29, 1.82) is 0 Å². The molecule has 2 N–H and O–H groups in total. The number of hydrogen-bond acceptors (Lipinski definition) is 6. The molecule has 0 unspecified atom stereocenters. The Balaban J connectivity index is 1.43. The molecule has 0 spiro atoms. The number of carbonyl (C=O) groups excluding carboxylic acids is 2. The van der Waals surface area contributed by atoms with E-state index >= 15 is 0 Å². The molecule has 0 aliphatic heterocycles. The van der Waals surface area contributed by atoms with Crippen LogP contribution in [0.15, 0.2) is 35.4 Å². The number of amides is 2. The first-order valence-electron chi connectivity index (χ1n) is 9.18. The molecule has 144 valence electrons. The van der Waals surface area contributed by atoms with Crippen molar-refractivity contribution in [3.05, 3.63) is 52.2 Å². The molecule has 28 heavy (non-hydrogen) atoms. The number of carbonyl (C=O) groups is 2. The lowest BCUT2D eigenvalue weighted by Crippen LogP contribution is -2.42. The van der Waals surface area contributed by atoms with E-state index in [0.717, 1.165) is 28.1 Å². The molecular formula is C20H20N4O2S2. The maximum atomic E-state index is 12.2. The fraction of sp³-hybridized carbons (Fsp3) is 0.300. The highest BCUT2D eigenvalue weighted by Gasteiger charge is 2.21. The number of benzene rings is 1. The quantitative estimate of drug-likeness (QED) is 0.390. The van der Waals surface area contributed by atoms with Crippen LogP contribution in [0.3, 0.4) is 0 Å². The number of hydrogen-bond donors (Lipinski definition) is 2. The number of rotatable bonds is 4. The third kappa shape index (κ3) is 4.02. The normalized spacial score (nSPS) is 13.2. The van der Waals surface area contributed by atoms with Crippen LogP contribution in [0.5, 0.6) is 0 Å². The summed E-state index contributed by atoms with van der Waals surface area (Å²) in [5.41, 5.74) is 6.76. The van der Waals surface area contributed by atoms with Gasteiger partial charge in [-0.25, -0.2) is 9.97 Å². The van der Waals surface area contributed by atoms with Gasteiger partial charge in [0, 0.05) is 15.8 Å². The van der Waals surface area contributed by atoms with Gasteiger partial charge < -0.3 is 0 Å². The van der Waals surface area contributed by atoms with Crippen LogP contribution in [0.2, 0.25) is 0 Å². The molecule has 0 fully saturated rings. The summed E-state index contributed by atoms with van der Waals surface area (Å²) in [5, 5.41) is 1.96. The number of thiophene rings is 1. The second-order valence-electron chi connectivity index (χ2n) is 6.62. The monoisotopic (exact) mass is 412 g/mol. The van der Waals surface area contributed by atoms with Crippen LogP contribution in [-0.2, 0) is 17.6 Å². The topological polar surface area (TPSA) is 84.0 Å². The summed E-state index contributed by atoms with van der Waals surface area (Å²) < 4.78 is 0. The van der Waals surface area contributed by atoms with Gasteiger partial charge >= 0.3 is 0 Å². The third-order valence-corrected chi connectivity index (χ3v) is 6.75. The molecule has 1 aliphatic carbocycles. The van der Waals surface area contributed by atoms with Crippen molar-refractivity contribution in [3.8, 4) is 0 Å². The van der Waals surface area contributed by atoms with Crippen molar-refractivity contribution < 1.29 is 9.59 Å². The van der Waals surface area contributed by atoms with E-state index in [1.165, 1.54) is 35.0 Å². The minimum Gasteiger partial charge on any atom is -0.272 e. The first-order chi connectivity index (χ1) is 13.6. The van der Waals surface area contributed by atoms with Crippen molar-refractivity contribution in [2.24, 2.45) is 0 Å². The van der Waals surface area contributed by atoms with E-state index in [4.69, 9.17) is 0 Å². The van der Waals surface area contributed by atoms with Gasteiger partial charge in [-0.05, 0) is 50.3 Å². The van der Waals surface area contributed by atoms with Gasteiger partial charge in [-0.2, -0.15) is 0 Å². The molecule has 0 saturated heterocycles. The van der Waals surface area contributed by atoms with Gasteiger partial charge in [0.25, 0.3) is 5.91 Å². The molecule has 0 atom stereocenters. The summed E-state index contributed by atoms with van der Waals surface area (Å²) in [7, 11) is 0. The summed E-state index contributed by atoms with van der Waals surface area (Å²) in [6.07, 6.45) is 4.56. The van der Waals surface area contributed by atoms with Gasteiger partial charge in [0.15, 0.2) is 0 Å². The molecule has 1 aliphatic rings. The molecule has 6 nitrogen and oxygen atoms in total. The molecule has 4 rings (SSSR count). The Kier molecular flexibility index (Phi) is 5.59. The highest BCUT2D eigenvalue weighted by Crippen LogP contribution is 2.39. The second kappa shape index (κ2) is 8.28. The minimum absolute atomic E-state index is 0.172. The Labute approximate surface area is 171 Å². The maximum Gasteiger partial charge on any atom is 0.269 e. The molecule has 2 aromatic heterocycles. The van der Waals surface area contributed by atoms with Gasteiger partial charge in [-0.1, -0.05) is 30.0 Å². The fourth-order valence-corrected chi connectivity index (χ4v) is 5.56. The molecular weight excluding hydrogens is 392 g/mol. The van der Waals surface area contributed by atoms with Crippen LogP contribution in [0, 0.1) is 6.92 Å². The van der Waals surface area contributed by atoms with E-state index in [-0.39, 0.29) is 17.6 Å². The standard InChI is InChI=1S/C20H20N4O2S2/c1-12-21-19(17-14-9-5-6-10-15(14)28-20(17)22-12)27-11-16(25)23-24-18(26)13-7-3-2-4-8-13/h2-4,7-8H,5-6,9-11H2,1H3,(H,23,25)(H,24,26). The van der Waals surface area contributed by atoms with Gasteiger partial charge in [-0.15, -0.1) is 11.3 Å². The van der Waals surface area contributed by atoms with Crippen LogP contribution in [0.1, 0.15) is 39.5 Å². The van der Waals surface area contributed by atoms with E-state index < -0.39 is 0 Å². The zero-order chi connectivity index (χ0) is 19.5. The smallest absolute Gasteiger partial charge is 0.269 e. The number of aromatic nitrogens is 2. The number of aryl methyl sites for hydroxylation is 3. The zero-order valence-corrected chi connectivity index (χ0v) is 17.1. The fourth-order valence-electron chi connectivity index (χ4n) is 3.29. The first-order valence-corrected chi connectivity index (χ1v) is 11.0. The summed E-state index contributed by atoms with van der Waals surface area (Å²) in [6, 6.07) is 8.76. The Morgan fingerprint density at radius 2 is 1.89 bits per heavy atom. The molecule has 0 saturated carbocycles. The number of fused-ring (bicyclic) bond motifs is 3. The van der Waals surface area contributed by atoms with Gasteiger partial charge in [-0.3, -0.25) is 20.4 Å². The summed E-state index contributed by atoms with van der Waals surface area (Å²) >= 11 is 3.14. The summed E-state index contributed by atoms with van der Waals surface area (Å²) in [6.45, 7) is 1.88. The molecule has 8 heteroatoms. The largest absolute Gasteiger partial charge is 0.272 e. The molecule has 3 aromatic rings. The molecule has 2 heterocycles. The molecule has 2 amide bonds. The van der Waals surface area contributed by atoms with Crippen molar-refractivity contribution in [3.63, 3.8) is 0 Å². The Morgan fingerprint density at radius 1 is 1.11 bits per heavy atom. The predicted octanol–water partition coefficient (Wildman–Crippen LogP) is 3.43. The molecule has 0 radical (unpaired) electrons. The van der Waals surface area contributed by atoms with Gasteiger partial charge in [0.05, 0.1) is 5.75 Å². The Hall–Kier alpha value is -2.45. The second-order valence-corrected chi connectivity index (χ2v) is 8.67. The maximum absolute atomic E-state index is 12.2. The van der Waals surface area contributed by atoms with Crippen LogP contribution >= 0.6 is 23.1 Å². The number of thioether (sulfide) groups is 1. The van der Waals surface area contributed by atoms with Crippen LogP contribution in [0.25, 0.3) is 10.2 Å². The van der Waals surface area contributed by atoms with E-state index in [9.17, 15) is 9.59 Å². The van der Waals surface area contributed by atoms with Crippen molar-refractivity contribution in [2.75, 3.05) is 5.75 Å². The highest BCUT2D eigenvalue weighted by molar-refractivity contribution is 8.00. The zero-order valence-electron chi connectivity index (χ0n) is 15.4. The van der Waals surface area contributed by atoms with Crippen molar-refractivity contribution in [2.45, 2.75) is 37.6 Å². The summed E-state index contributed by atoms with van der Waals surface area (Å²) in [4.78, 5) is 35.8. The van der Waals surface area contributed by atoms with Gasteiger partial charge in [0.1, 0.15) is 15.7 Å². The average Bonchev–Trinajstić information content (AvgIpc) is 3.09. The lowest BCUT2D eigenvalue weighted by atomic mass is 9.97. The third-order valence-electron chi connectivity index (χ3n) is 4.58. The van der Waals surface area contributed by atoms with Crippen molar-refractivity contribution in [1.82, 2.24) is 20.8 Å². The first kappa shape index (κ1) is 18.9. The SMILES string of the molecule is Cc1nc(SCC(=O)NNC(=O)c2ccccc2)c2c3c(sc2n1)CCCC3. The van der Waals surface area contributed by atoms with E-state index in [1.807, 2.05) is 13.0 Å².